The van der Waals surface area contributed by atoms with Crippen LogP contribution in [-0.2, 0) is 9.59 Å². The minimum Gasteiger partial charge on any atom is -0.481 e. The first-order valence-corrected chi connectivity index (χ1v) is 8.62. The van der Waals surface area contributed by atoms with E-state index in [1.807, 2.05) is 25.1 Å². The second kappa shape index (κ2) is 7.19. The third-order valence-corrected chi connectivity index (χ3v) is 4.79. The summed E-state index contributed by atoms with van der Waals surface area (Å²) in [6.07, 6.45) is 1.23. The molecule has 1 aliphatic rings. The van der Waals surface area contributed by atoms with E-state index in [2.05, 4.69) is 0 Å². The van der Waals surface area contributed by atoms with E-state index in [1.165, 1.54) is 9.80 Å². The van der Waals surface area contributed by atoms with Gasteiger partial charge in [0.1, 0.15) is 5.58 Å². The van der Waals surface area contributed by atoms with Crippen molar-refractivity contribution in [2.75, 3.05) is 26.7 Å². The molecule has 2 aromatic rings. The number of carboxylic acid groups (broad SMARTS) is 1. The number of amides is 2. The molecule has 2 heterocycles. The average Bonchev–Trinajstić information content (AvgIpc) is 3.06. The van der Waals surface area contributed by atoms with E-state index < -0.39 is 11.9 Å². The van der Waals surface area contributed by atoms with Gasteiger partial charge in [0.2, 0.25) is 5.91 Å². The monoisotopic (exact) mass is 358 g/mol. The Morgan fingerprint density at radius 3 is 2.81 bits per heavy atom. The van der Waals surface area contributed by atoms with Crippen LogP contribution in [0.5, 0.6) is 0 Å². The van der Waals surface area contributed by atoms with Crippen LogP contribution in [0.4, 0.5) is 0 Å². The number of fused-ring (bicyclic) bond motifs is 1. The zero-order chi connectivity index (χ0) is 18.8. The summed E-state index contributed by atoms with van der Waals surface area (Å²) in [5, 5.41) is 9.97. The number of furan rings is 1. The van der Waals surface area contributed by atoms with Gasteiger partial charge in [-0.2, -0.15) is 0 Å². The molecule has 0 saturated carbocycles. The van der Waals surface area contributed by atoms with Crippen LogP contribution in [0.25, 0.3) is 11.0 Å². The van der Waals surface area contributed by atoms with Crippen molar-refractivity contribution < 1.29 is 23.9 Å². The third-order valence-electron chi connectivity index (χ3n) is 4.79. The number of benzene rings is 1. The topological polar surface area (TPSA) is 91.1 Å². The van der Waals surface area contributed by atoms with E-state index in [1.54, 1.807) is 13.1 Å². The fourth-order valence-corrected chi connectivity index (χ4v) is 3.28. The van der Waals surface area contributed by atoms with Crippen molar-refractivity contribution >= 4 is 28.8 Å². The molecule has 1 aromatic carbocycles. The number of hydrogen-bond acceptors (Lipinski definition) is 4. The lowest BCUT2D eigenvalue weighted by atomic mass is 9.98. The quantitative estimate of drug-likeness (QED) is 0.904. The zero-order valence-corrected chi connectivity index (χ0v) is 14.9. The number of piperidine rings is 1. The van der Waals surface area contributed by atoms with Crippen LogP contribution < -0.4 is 0 Å². The first kappa shape index (κ1) is 18.0. The van der Waals surface area contributed by atoms with Gasteiger partial charge in [-0.1, -0.05) is 18.2 Å². The summed E-state index contributed by atoms with van der Waals surface area (Å²) in [5.41, 5.74) is 1.60. The van der Waals surface area contributed by atoms with Crippen molar-refractivity contribution in [2.24, 2.45) is 5.92 Å². The second-order valence-electron chi connectivity index (χ2n) is 6.78. The lowest BCUT2D eigenvalue weighted by Crippen LogP contribution is -2.46. The van der Waals surface area contributed by atoms with Crippen LogP contribution >= 0.6 is 0 Å². The lowest BCUT2D eigenvalue weighted by Gasteiger charge is -2.31. The molecule has 0 aliphatic carbocycles. The molecule has 0 bridgehead atoms. The summed E-state index contributed by atoms with van der Waals surface area (Å²) >= 11 is 0. The maximum absolute atomic E-state index is 12.6. The summed E-state index contributed by atoms with van der Waals surface area (Å²) in [7, 11) is 1.54. The van der Waals surface area contributed by atoms with Gasteiger partial charge in [0.25, 0.3) is 5.91 Å². The Bertz CT molecular complexity index is 857. The van der Waals surface area contributed by atoms with Crippen LogP contribution in [0.3, 0.4) is 0 Å². The molecule has 1 saturated heterocycles. The van der Waals surface area contributed by atoms with Gasteiger partial charge in [-0.15, -0.1) is 0 Å². The Hall–Kier alpha value is -2.83. The maximum atomic E-state index is 12.6. The van der Waals surface area contributed by atoms with Crippen molar-refractivity contribution in [3.05, 3.63) is 35.6 Å². The molecular formula is C19H22N2O5. The van der Waals surface area contributed by atoms with Crippen LogP contribution in [0.1, 0.15) is 29.0 Å². The predicted octanol–water partition coefficient (Wildman–Crippen LogP) is 2.14. The van der Waals surface area contributed by atoms with Gasteiger partial charge in [-0.05, 0) is 31.4 Å². The van der Waals surface area contributed by atoms with Gasteiger partial charge in [-0.25, -0.2) is 0 Å². The molecule has 1 unspecified atom stereocenters. The maximum Gasteiger partial charge on any atom is 0.308 e. The van der Waals surface area contributed by atoms with Gasteiger partial charge in [0, 0.05) is 25.5 Å². The van der Waals surface area contributed by atoms with Crippen molar-refractivity contribution in [1.29, 1.82) is 0 Å². The number of carbonyl (C=O) groups excluding carboxylic acids is 2. The number of nitrogens with zero attached hydrogens (tertiary/aromatic N) is 2. The Labute approximate surface area is 151 Å². The molecule has 26 heavy (non-hydrogen) atoms. The van der Waals surface area contributed by atoms with Gasteiger partial charge in [-0.3, -0.25) is 14.4 Å². The highest BCUT2D eigenvalue weighted by atomic mass is 16.4. The van der Waals surface area contributed by atoms with Crippen LogP contribution in [-0.4, -0.2) is 59.4 Å². The van der Waals surface area contributed by atoms with Crippen molar-refractivity contribution in [3.8, 4) is 0 Å². The lowest BCUT2D eigenvalue weighted by molar-refractivity contribution is -0.145. The zero-order valence-electron chi connectivity index (χ0n) is 14.9. The van der Waals surface area contributed by atoms with Crippen LogP contribution in [0.2, 0.25) is 0 Å². The number of carbonyl (C=O) groups is 3. The molecule has 1 atom stereocenters. The highest BCUT2D eigenvalue weighted by molar-refractivity contribution is 5.98. The minimum absolute atomic E-state index is 0.110. The van der Waals surface area contributed by atoms with E-state index in [9.17, 15) is 14.4 Å². The number of likely N-dealkylation sites (N-methyl/N-ethyl adjacent to an activating group) is 1. The molecule has 3 rings (SSSR count). The molecule has 0 spiro atoms. The Morgan fingerprint density at radius 2 is 2.12 bits per heavy atom. The highest BCUT2D eigenvalue weighted by Gasteiger charge is 2.29. The van der Waals surface area contributed by atoms with E-state index in [-0.39, 0.29) is 30.7 Å². The molecule has 1 aliphatic heterocycles. The fraction of sp³-hybridized carbons (Fsp3) is 0.421. The smallest absolute Gasteiger partial charge is 0.308 e. The van der Waals surface area contributed by atoms with Crippen LogP contribution in [0.15, 0.2) is 28.7 Å². The predicted molar refractivity (Wildman–Crippen MR) is 94.9 cm³/mol. The Kier molecular flexibility index (Phi) is 4.97. The molecule has 7 heteroatoms. The van der Waals surface area contributed by atoms with E-state index >= 15 is 0 Å². The minimum atomic E-state index is -0.885. The fourth-order valence-electron chi connectivity index (χ4n) is 3.28. The molecule has 2 amide bonds. The second-order valence-corrected chi connectivity index (χ2v) is 6.78. The summed E-state index contributed by atoms with van der Waals surface area (Å²) in [5.74, 6) is -1.86. The standard InChI is InChI=1S/C19H22N2O5/c1-12-5-3-6-13-9-15(26-17(12)13)18(23)20(2)11-16(22)21-8-4-7-14(10-21)19(24)25/h3,5-6,9,14H,4,7-8,10-11H2,1-2H3,(H,24,25). The van der Waals surface area contributed by atoms with E-state index in [4.69, 9.17) is 9.52 Å². The highest BCUT2D eigenvalue weighted by Crippen LogP contribution is 2.23. The number of aryl methyl sites for hydroxylation is 1. The van der Waals surface area contributed by atoms with Crippen LogP contribution in [0, 0.1) is 12.8 Å². The molecule has 138 valence electrons. The first-order valence-electron chi connectivity index (χ1n) is 8.62. The molecule has 7 nitrogen and oxygen atoms in total. The van der Waals surface area contributed by atoms with E-state index in [0.717, 1.165) is 10.9 Å². The summed E-state index contributed by atoms with van der Waals surface area (Å²) in [6, 6.07) is 7.34. The average molecular weight is 358 g/mol. The Morgan fingerprint density at radius 1 is 1.35 bits per heavy atom. The van der Waals surface area contributed by atoms with Crippen molar-refractivity contribution in [3.63, 3.8) is 0 Å². The first-order chi connectivity index (χ1) is 12.4. The Balaban J connectivity index is 1.67. The number of likely N-dealkylation sites (tertiary alicyclic amines) is 1. The summed E-state index contributed by atoms with van der Waals surface area (Å²) in [6.45, 7) is 2.51. The number of para-hydroxylation sites is 1. The molecule has 1 aromatic heterocycles. The summed E-state index contributed by atoms with van der Waals surface area (Å²) < 4.78 is 5.66. The number of rotatable bonds is 4. The molecule has 1 fully saturated rings. The van der Waals surface area contributed by atoms with Gasteiger partial charge >= 0.3 is 5.97 Å². The molecule has 1 N–H and O–H groups in total. The largest absolute Gasteiger partial charge is 0.481 e. The van der Waals surface area contributed by atoms with E-state index in [0.29, 0.717) is 25.0 Å². The number of carboxylic acids is 1. The van der Waals surface area contributed by atoms with Gasteiger partial charge in [0.05, 0.1) is 12.5 Å². The SMILES string of the molecule is Cc1cccc2cc(C(=O)N(C)CC(=O)N3CCCC(C(=O)O)C3)oc12. The third kappa shape index (κ3) is 3.56. The van der Waals surface area contributed by atoms with Gasteiger partial charge in [0.15, 0.2) is 5.76 Å². The molecular weight excluding hydrogens is 336 g/mol. The van der Waals surface area contributed by atoms with Gasteiger partial charge < -0.3 is 19.3 Å². The summed E-state index contributed by atoms with van der Waals surface area (Å²) in [4.78, 5) is 39.0. The normalized spacial score (nSPS) is 17.3. The number of hydrogen-bond donors (Lipinski definition) is 1. The molecule has 0 radical (unpaired) electrons. The van der Waals surface area contributed by atoms with Crippen molar-refractivity contribution in [1.82, 2.24) is 9.80 Å². The van der Waals surface area contributed by atoms with Crippen molar-refractivity contribution in [2.45, 2.75) is 19.8 Å². The number of aliphatic carboxylic acids is 1.